The average Bonchev–Trinajstić information content (AvgIpc) is 2.81. The van der Waals surface area contributed by atoms with Crippen molar-refractivity contribution in [2.45, 2.75) is 136 Å². The van der Waals surface area contributed by atoms with Gasteiger partial charge in [0.05, 0.1) is 13.2 Å². The molecule has 0 atom stereocenters. The fourth-order valence-electron chi connectivity index (χ4n) is 5.96. The molecule has 0 amide bonds. The van der Waals surface area contributed by atoms with E-state index in [0.717, 1.165) is 24.7 Å². The van der Waals surface area contributed by atoms with Gasteiger partial charge in [0.15, 0.2) is 6.29 Å². The fourth-order valence-corrected chi connectivity index (χ4v) is 5.96. The third-order valence-electron chi connectivity index (χ3n) is 8.40. The molecular formula is C28H50O4. The Kier molecular flexibility index (Phi) is 10.8. The van der Waals surface area contributed by atoms with Crippen LogP contribution in [0.3, 0.4) is 0 Å². The van der Waals surface area contributed by atoms with Crippen LogP contribution < -0.4 is 0 Å². The molecule has 2 saturated carbocycles. The lowest BCUT2D eigenvalue weighted by atomic mass is 9.79. The summed E-state index contributed by atoms with van der Waals surface area (Å²) < 4.78 is 18.2. The zero-order valence-corrected chi connectivity index (χ0v) is 21.2. The van der Waals surface area contributed by atoms with Crippen molar-refractivity contribution in [3.8, 4) is 0 Å². The standard InChI is InChI=1S/C28H50O4/c1-4-6-8-10-22-12-16-24(17-13-22)26-30-20-28(3,21-31-26)27(29)32-25-18-14-23(15-19-25)11-9-7-5-2/h22-26H,4-21H2,1-3H3/t22-,23-,24-,25-,26?,28?. The smallest absolute Gasteiger partial charge is 0.316 e. The van der Waals surface area contributed by atoms with Crippen LogP contribution >= 0.6 is 0 Å². The predicted molar refractivity (Wildman–Crippen MR) is 129 cm³/mol. The number of esters is 1. The topological polar surface area (TPSA) is 44.8 Å². The first-order valence-electron chi connectivity index (χ1n) is 14.0. The molecule has 0 spiro atoms. The summed E-state index contributed by atoms with van der Waals surface area (Å²) in [4.78, 5) is 12.9. The molecule has 186 valence electrons. The first-order chi connectivity index (χ1) is 15.5. The number of carbonyl (C=O) groups excluding carboxylic acids is 1. The molecule has 1 heterocycles. The fraction of sp³-hybridized carbons (Fsp3) is 0.964. The van der Waals surface area contributed by atoms with Gasteiger partial charge >= 0.3 is 5.97 Å². The molecule has 3 aliphatic rings. The van der Waals surface area contributed by atoms with Crippen molar-refractivity contribution < 1.29 is 19.0 Å². The number of carbonyl (C=O) groups is 1. The number of hydrogen-bond acceptors (Lipinski definition) is 4. The Morgan fingerprint density at radius 3 is 1.78 bits per heavy atom. The molecular weight excluding hydrogens is 400 g/mol. The zero-order chi connectivity index (χ0) is 22.8. The lowest BCUT2D eigenvalue weighted by Crippen LogP contribution is -2.49. The van der Waals surface area contributed by atoms with Crippen molar-refractivity contribution in [2.24, 2.45) is 23.2 Å². The number of unbranched alkanes of at least 4 members (excludes halogenated alkanes) is 4. The second kappa shape index (κ2) is 13.3. The quantitative estimate of drug-likeness (QED) is 0.242. The van der Waals surface area contributed by atoms with Gasteiger partial charge in [-0.25, -0.2) is 0 Å². The van der Waals surface area contributed by atoms with Crippen LogP contribution in [-0.4, -0.2) is 31.6 Å². The molecule has 1 aliphatic heterocycles. The predicted octanol–water partition coefficient (Wildman–Crippen LogP) is 7.43. The highest BCUT2D eigenvalue weighted by molar-refractivity contribution is 5.77. The molecule has 0 bridgehead atoms. The summed E-state index contributed by atoms with van der Waals surface area (Å²) in [7, 11) is 0. The molecule has 4 nitrogen and oxygen atoms in total. The van der Waals surface area contributed by atoms with Crippen molar-refractivity contribution in [3.63, 3.8) is 0 Å². The third kappa shape index (κ3) is 7.72. The van der Waals surface area contributed by atoms with E-state index in [1.807, 2.05) is 6.92 Å². The van der Waals surface area contributed by atoms with Crippen molar-refractivity contribution >= 4 is 5.97 Å². The summed E-state index contributed by atoms with van der Waals surface area (Å²) in [6.07, 6.45) is 20.2. The third-order valence-corrected chi connectivity index (χ3v) is 8.40. The van der Waals surface area contributed by atoms with E-state index in [2.05, 4.69) is 13.8 Å². The largest absolute Gasteiger partial charge is 0.462 e. The molecule has 0 N–H and O–H groups in total. The molecule has 3 rings (SSSR count). The van der Waals surface area contributed by atoms with Crippen LogP contribution in [0.2, 0.25) is 0 Å². The van der Waals surface area contributed by atoms with E-state index >= 15 is 0 Å². The molecule has 2 aliphatic carbocycles. The lowest BCUT2D eigenvalue weighted by Gasteiger charge is -2.41. The second-order valence-electron chi connectivity index (χ2n) is 11.4. The van der Waals surface area contributed by atoms with E-state index < -0.39 is 5.41 Å². The minimum Gasteiger partial charge on any atom is -0.462 e. The summed E-state index contributed by atoms with van der Waals surface area (Å²) >= 11 is 0. The van der Waals surface area contributed by atoms with Crippen LogP contribution in [-0.2, 0) is 19.0 Å². The van der Waals surface area contributed by atoms with E-state index in [1.165, 1.54) is 89.9 Å². The van der Waals surface area contributed by atoms with Gasteiger partial charge in [-0.2, -0.15) is 0 Å². The molecule has 1 saturated heterocycles. The Balaban J connectivity index is 1.34. The van der Waals surface area contributed by atoms with E-state index in [0.29, 0.717) is 19.1 Å². The molecule has 32 heavy (non-hydrogen) atoms. The van der Waals surface area contributed by atoms with Gasteiger partial charge in [0.2, 0.25) is 0 Å². The number of ether oxygens (including phenoxy) is 3. The summed E-state index contributed by atoms with van der Waals surface area (Å²) in [5, 5.41) is 0. The van der Waals surface area contributed by atoms with Gasteiger partial charge in [-0.1, -0.05) is 65.2 Å². The minimum absolute atomic E-state index is 0.0856. The minimum atomic E-state index is -0.661. The maximum Gasteiger partial charge on any atom is 0.316 e. The van der Waals surface area contributed by atoms with Crippen LogP contribution in [0.1, 0.15) is 124 Å². The maximum absolute atomic E-state index is 12.9. The molecule has 0 unspecified atom stereocenters. The van der Waals surface area contributed by atoms with Crippen LogP contribution in [0.25, 0.3) is 0 Å². The highest BCUT2D eigenvalue weighted by atomic mass is 16.7. The van der Waals surface area contributed by atoms with Crippen LogP contribution in [0.4, 0.5) is 0 Å². The Labute approximate surface area is 197 Å². The Morgan fingerprint density at radius 1 is 0.781 bits per heavy atom. The Morgan fingerprint density at radius 2 is 1.28 bits per heavy atom. The van der Waals surface area contributed by atoms with Crippen molar-refractivity contribution in [3.05, 3.63) is 0 Å². The van der Waals surface area contributed by atoms with E-state index in [4.69, 9.17) is 14.2 Å². The van der Waals surface area contributed by atoms with Gasteiger partial charge in [0, 0.05) is 5.92 Å². The van der Waals surface area contributed by atoms with Crippen LogP contribution in [0.5, 0.6) is 0 Å². The molecule has 4 heteroatoms. The van der Waals surface area contributed by atoms with Crippen LogP contribution in [0.15, 0.2) is 0 Å². The number of rotatable bonds is 11. The maximum atomic E-state index is 12.9. The highest BCUT2D eigenvalue weighted by Gasteiger charge is 2.44. The van der Waals surface area contributed by atoms with E-state index in [-0.39, 0.29) is 18.4 Å². The Bertz CT molecular complexity index is 524. The van der Waals surface area contributed by atoms with E-state index in [1.54, 1.807) is 0 Å². The van der Waals surface area contributed by atoms with Gasteiger partial charge in [-0.05, 0) is 70.1 Å². The summed E-state index contributed by atoms with van der Waals surface area (Å²) in [5.41, 5.74) is -0.661. The second-order valence-corrected chi connectivity index (χ2v) is 11.4. The molecule has 0 radical (unpaired) electrons. The van der Waals surface area contributed by atoms with Crippen molar-refractivity contribution in [1.29, 1.82) is 0 Å². The van der Waals surface area contributed by atoms with Gasteiger partial charge < -0.3 is 14.2 Å². The molecule has 0 aromatic rings. The SMILES string of the molecule is CCCCC[C@H]1CC[C@H](OC(=O)C2(C)COC([C@H]3CC[C@H](CCCCC)CC3)OC2)CC1. The normalized spacial score (nSPS) is 36.0. The number of hydrogen-bond donors (Lipinski definition) is 0. The first-order valence-corrected chi connectivity index (χ1v) is 14.0. The lowest BCUT2D eigenvalue weighted by molar-refractivity contribution is -0.254. The Hall–Kier alpha value is -0.610. The summed E-state index contributed by atoms with van der Waals surface area (Å²) in [6.45, 7) is 7.35. The van der Waals surface area contributed by atoms with Gasteiger partial charge in [0.25, 0.3) is 0 Å². The van der Waals surface area contributed by atoms with E-state index in [9.17, 15) is 4.79 Å². The molecule has 0 aromatic heterocycles. The molecule has 3 fully saturated rings. The highest BCUT2D eigenvalue weighted by Crippen LogP contribution is 2.38. The summed E-state index contributed by atoms with van der Waals surface area (Å²) in [5.74, 6) is 2.09. The molecule has 0 aromatic carbocycles. The van der Waals surface area contributed by atoms with Crippen molar-refractivity contribution in [2.75, 3.05) is 13.2 Å². The first kappa shape index (κ1) is 26.0. The summed E-state index contributed by atoms with van der Waals surface area (Å²) in [6, 6.07) is 0. The van der Waals surface area contributed by atoms with Gasteiger partial charge in [0.1, 0.15) is 11.5 Å². The average molecular weight is 451 g/mol. The van der Waals surface area contributed by atoms with Gasteiger partial charge in [-0.15, -0.1) is 0 Å². The van der Waals surface area contributed by atoms with Crippen LogP contribution in [0, 0.1) is 23.2 Å². The zero-order valence-electron chi connectivity index (χ0n) is 21.2. The van der Waals surface area contributed by atoms with Gasteiger partial charge in [-0.3, -0.25) is 4.79 Å². The monoisotopic (exact) mass is 450 g/mol. The van der Waals surface area contributed by atoms with Crippen molar-refractivity contribution in [1.82, 2.24) is 0 Å².